The van der Waals surface area contributed by atoms with Crippen LogP contribution in [0.1, 0.15) is 21.3 Å². The third kappa shape index (κ3) is 4.40. The Kier molecular flexibility index (Phi) is 5.48. The fourth-order valence-electron chi connectivity index (χ4n) is 1.92. The minimum Gasteiger partial charge on any atom is -0.368 e. The van der Waals surface area contributed by atoms with E-state index in [4.69, 9.17) is 5.73 Å². The Morgan fingerprint density at radius 1 is 1.10 bits per heavy atom. The molecule has 0 radical (unpaired) electrons. The number of hydrogen-bond acceptors (Lipinski definition) is 4. The lowest BCUT2D eigenvalue weighted by atomic mass is 10.1. The summed E-state index contributed by atoms with van der Waals surface area (Å²) in [4.78, 5) is 23.9. The van der Waals surface area contributed by atoms with Crippen molar-refractivity contribution in [3.05, 3.63) is 58.3 Å². The van der Waals surface area contributed by atoms with Gasteiger partial charge in [0.15, 0.2) is 0 Å². The Hall–Kier alpha value is -2.18. The highest BCUT2D eigenvalue weighted by Gasteiger charge is 2.16. The van der Waals surface area contributed by atoms with Crippen molar-refractivity contribution in [2.24, 2.45) is 5.73 Å². The molecule has 6 heteroatoms. The molecule has 1 atom stereocenters. The highest BCUT2D eigenvalue weighted by molar-refractivity contribution is 7.12. The average Bonchev–Trinajstić information content (AvgIpc) is 3.01. The van der Waals surface area contributed by atoms with Crippen molar-refractivity contribution in [1.82, 2.24) is 10.6 Å². The van der Waals surface area contributed by atoms with Gasteiger partial charge < -0.3 is 16.4 Å². The first-order valence-corrected chi connectivity index (χ1v) is 7.46. The number of hydrogen-bond donors (Lipinski definition) is 3. The Labute approximate surface area is 127 Å². The second-order valence-electron chi connectivity index (χ2n) is 4.43. The van der Waals surface area contributed by atoms with Crippen LogP contribution in [0.2, 0.25) is 0 Å². The van der Waals surface area contributed by atoms with Gasteiger partial charge in [-0.25, -0.2) is 0 Å². The molecule has 21 heavy (non-hydrogen) atoms. The lowest BCUT2D eigenvalue weighted by Crippen LogP contribution is -2.38. The highest BCUT2D eigenvalue weighted by Crippen LogP contribution is 2.11. The van der Waals surface area contributed by atoms with Crippen LogP contribution in [0.25, 0.3) is 0 Å². The van der Waals surface area contributed by atoms with E-state index in [0.29, 0.717) is 18.0 Å². The maximum Gasteiger partial charge on any atom is 0.261 e. The molecule has 0 aliphatic rings. The molecule has 0 saturated carbocycles. The van der Waals surface area contributed by atoms with E-state index < -0.39 is 11.9 Å². The molecule has 0 unspecified atom stereocenters. The summed E-state index contributed by atoms with van der Waals surface area (Å²) in [6, 6.07) is 12.3. The standard InChI is InChI=1S/C15H17N3O2S/c16-14(19)13(11-5-2-1-3-6-11)17-8-9-18-15(20)12-7-4-10-21-12/h1-7,10,13,17H,8-9H2,(H2,16,19)(H,18,20)/t13-/m1/s1. The van der Waals surface area contributed by atoms with Crippen molar-refractivity contribution in [3.63, 3.8) is 0 Å². The summed E-state index contributed by atoms with van der Waals surface area (Å²) in [5.74, 6) is -0.548. The number of rotatable bonds is 7. The second kappa shape index (κ2) is 7.56. The molecule has 1 aromatic heterocycles. The molecule has 0 aliphatic carbocycles. The quantitative estimate of drug-likeness (QED) is 0.674. The van der Waals surface area contributed by atoms with Crippen LogP contribution in [0.3, 0.4) is 0 Å². The van der Waals surface area contributed by atoms with E-state index >= 15 is 0 Å². The highest BCUT2D eigenvalue weighted by atomic mass is 32.1. The average molecular weight is 303 g/mol. The molecule has 110 valence electrons. The molecule has 0 spiro atoms. The van der Waals surface area contributed by atoms with Gasteiger partial charge in [0, 0.05) is 13.1 Å². The Morgan fingerprint density at radius 2 is 1.86 bits per heavy atom. The van der Waals surface area contributed by atoms with Gasteiger partial charge in [0.2, 0.25) is 5.91 Å². The number of nitrogens with one attached hydrogen (secondary N) is 2. The molecule has 1 heterocycles. The molecule has 0 bridgehead atoms. The second-order valence-corrected chi connectivity index (χ2v) is 5.38. The fourth-order valence-corrected chi connectivity index (χ4v) is 2.56. The molecular weight excluding hydrogens is 286 g/mol. The van der Waals surface area contributed by atoms with Crippen LogP contribution in [0.4, 0.5) is 0 Å². The smallest absolute Gasteiger partial charge is 0.261 e. The summed E-state index contributed by atoms with van der Waals surface area (Å²) in [6.07, 6.45) is 0. The number of amides is 2. The molecule has 4 N–H and O–H groups in total. The van der Waals surface area contributed by atoms with Gasteiger partial charge in [-0.3, -0.25) is 9.59 Å². The topological polar surface area (TPSA) is 84.2 Å². The third-order valence-electron chi connectivity index (χ3n) is 2.92. The monoisotopic (exact) mass is 303 g/mol. The summed E-state index contributed by atoms with van der Waals surface area (Å²) >= 11 is 1.39. The molecule has 0 saturated heterocycles. The van der Waals surface area contributed by atoms with Crippen LogP contribution in [-0.2, 0) is 4.79 Å². The Bertz CT molecular complexity index is 584. The summed E-state index contributed by atoms with van der Waals surface area (Å²) < 4.78 is 0. The maximum absolute atomic E-state index is 11.7. The van der Waals surface area contributed by atoms with Crippen LogP contribution >= 0.6 is 11.3 Å². The minimum absolute atomic E-state index is 0.109. The number of thiophene rings is 1. The summed E-state index contributed by atoms with van der Waals surface area (Å²) in [5.41, 5.74) is 6.22. The minimum atomic E-state index is -0.551. The van der Waals surface area contributed by atoms with Crippen molar-refractivity contribution in [1.29, 1.82) is 0 Å². The zero-order valence-corrected chi connectivity index (χ0v) is 12.2. The maximum atomic E-state index is 11.7. The van der Waals surface area contributed by atoms with Crippen molar-refractivity contribution >= 4 is 23.2 Å². The van der Waals surface area contributed by atoms with Gasteiger partial charge in [0.1, 0.15) is 6.04 Å². The third-order valence-corrected chi connectivity index (χ3v) is 3.79. The zero-order chi connectivity index (χ0) is 15.1. The van der Waals surface area contributed by atoms with E-state index in [0.717, 1.165) is 5.56 Å². The van der Waals surface area contributed by atoms with Crippen LogP contribution < -0.4 is 16.4 Å². The molecule has 2 amide bonds. The van der Waals surface area contributed by atoms with E-state index in [1.165, 1.54) is 11.3 Å². The van der Waals surface area contributed by atoms with Crippen molar-refractivity contribution < 1.29 is 9.59 Å². The lowest BCUT2D eigenvalue weighted by molar-refractivity contribution is -0.120. The molecule has 1 aromatic carbocycles. The molecule has 5 nitrogen and oxygen atoms in total. The molecule has 0 fully saturated rings. The largest absolute Gasteiger partial charge is 0.368 e. The van der Waals surface area contributed by atoms with Gasteiger partial charge in [0.05, 0.1) is 4.88 Å². The number of nitrogens with two attached hydrogens (primary N) is 1. The SMILES string of the molecule is NC(=O)[C@H](NCCNC(=O)c1cccs1)c1ccccc1. The van der Waals surface area contributed by atoms with Crippen LogP contribution in [0.5, 0.6) is 0 Å². The first-order valence-electron chi connectivity index (χ1n) is 6.58. The van der Waals surface area contributed by atoms with Crippen molar-refractivity contribution in [2.45, 2.75) is 6.04 Å². The zero-order valence-electron chi connectivity index (χ0n) is 11.4. The van der Waals surface area contributed by atoms with E-state index in [1.807, 2.05) is 41.8 Å². The number of benzene rings is 1. The van der Waals surface area contributed by atoms with Gasteiger partial charge in [0.25, 0.3) is 5.91 Å². The number of primary amides is 1. The molecule has 2 aromatic rings. The van der Waals surface area contributed by atoms with E-state index in [-0.39, 0.29) is 5.91 Å². The van der Waals surface area contributed by atoms with E-state index in [9.17, 15) is 9.59 Å². The fraction of sp³-hybridized carbons (Fsp3) is 0.200. The molecular formula is C15H17N3O2S. The van der Waals surface area contributed by atoms with Gasteiger partial charge in [-0.15, -0.1) is 11.3 Å². The van der Waals surface area contributed by atoms with Crippen LogP contribution in [-0.4, -0.2) is 24.9 Å². The number of carbonyl (C=O) groups excluding carboxylic acids is 2. The molecule has 2 rings (SSSR count). The van der Waals surface area contributed by atoms with Gasteiger partial charge in [-0.05, 0) is 17.0 Å². The summed E-state index contributed by atoms with van der Waals surface area (Å²) in [7, 11) is 0. The Morgan fingerprint density at radius 3 is 2.48 bits per heavy atom. The summed E-state index contributed by atoms with van der Waals surface area (Å²) in [5, 5.41) is 7.69. The van der Waals surface area contributed by atoms with Crippen LogP contribution in [0.15, 0.2) is 47.8 Å². The van der Waals surface area contributed by atoms with E-state index in [2.05, 4.69) is 10.6 Å². The number of carbonyl (C=O) groups is 2. The predicted octanol–water partition coefficient (Wildman–Crippen LogP) is 1.29. The van der Waals surface area contributed by atoms with Crippen molar-refractivity contribution in [2.75, 3.05) is 13.1 Å². The normalized spacial score (nSPS) is 11.8. The van der Waals surface area contributed by atoms with Gasteiger partial charge >= 0.3 is 0 Å². The first-order chi connectivity index (χ1) is 10.2. The van der Waals surface area contributed by atoms with Crippen molar-refractivity contribution in [3.8, 4) is 0 Å². The molecule has 0 aliphatic heterocycles. The van der Waals surface area contributed by atoms with E-state index in [1.54, 1.807) is 6.07 Å². The predicted molar refractivity (Wildman–Crippen MR) is 83.0 cm³/mol. The van der Waals surface area contributed by atoms with Gasteiger partial charge in [-0.2, -0.15) is 0 Å². The summed E-state index contributed by atoms with van der Waals surface area (Å²) in [6.45, 7) is 0.882. The lowest BCUT2D eigenvalue weighted by Gasteiger charge is -2.15. The first kappa shape index (κ1) is 15.2. The Balaban J connectivity index is 1.81. The van der Waals surface area contributed by atoms with Gasteiger partial charge in [-0.1, -0.05) is 36.4 Å². The van der Waals surface area contributed by atoms with Crippen LogP contribution in [0, 0.1) is 0 Å².